The Labute approximate surface area is 160 Å². The number of aryl methyl sites for hydroxylation is 1. The third kappa shape index (κ3) is 3.33. The van der Waals surface area contributed by atoms with Gasteiger partial charge in [-0.1, -0.05) is 12.7 Å². The Hall–Kier alpha value is -3.42. The molecule has 7 heteroatoms. The van der Waals surface area contributed by atoms with Gasteiger partial charge in [0.2, 0.25) is 0 Å². The van der Waals surface area contributed by atoms with E-state index < -0.39 is 5.97 Å². The van der Waals surface area contributed by atoms with Crippen LogP contribution >= 0.6 is 11.3 Å². The molecule has 6 nitrogen and oxygen atoms in total. The van der Waals surface area contributed by atoms with E-state index in [9.17, 15) is 15.3 Å². The van der Waals surface area contributed by atoms with Gasteiger partial charge in [0.1, 0.15) is 28.6 Å². The lowest BCUT2D eigenvalue weighted by atomic mass is 10.1. The molecule has 2 heterocycles. The van der Waals surface area contributed by atoms with Crippen LogP contribution in [-0.4, -0.2) is 22.1 Å². The molecule has 27 heavy (non-hydrogen) atoms. The van der Waals surface area contributed by atoms with Gasteiger partial charge in [0.05, 0.1) is 22.8 Å². The summed E-state index contributed by atoms with van der Waals surface area (Å²) in [4.78, 5) is 17.0. The van der Waals surface area contributed by atoms with Gasteiger partial charge >= 0.3 is 5.97 Å². The average molecular weight is 376 g/mol. The Morgan fingerprint density at radius 2 is 2.26 bits per heavy atom. The molecule has 1 aromatic carbocycles. The summed E-state index contributed by atoms with van der Waals surface area (Å²) in [5, 5.41) is 20.1. The molecule has 0 saturated heterocycles. The summed E-state index contributed by atoms with van der Waals surface area (Å²) >= 11 is 1.25. The van der Waals surface area contributed by atoms with Crippen LogP contribution in [0.5, 0.6) is 0 Å². The zero-order valence-corrected chi connectivity index (χ0v) is 15.7. The first kappa shape index (κ1) is 18.4. The van der Waals surface area contributed by atoms with Gasteiger partial charge in [0.25, 0.3) is 0 Å². The standard InChI is InChI=1S/C20H16N4O2S/c1-4-7-26-20(25)18-13(3)23-19(27-18)14-5-6-17-16(8-14)15(10-22)11-24(17)12(2)9-21/h4-6,8,11-12H,1,7H2,2-3H3. The highest BCUT2D eigenvalue weighted by atomic mass is 32.1. The fourth-order valence-electron chi connectivity index (χ4n) is 2.77. The normalized spacial score (nSPS) is 11.6. The Morgan fingerprint density at radius 1 is 1.48 bits per heavy atom. The Morgan fingerprint density at radius 3 is 2.93 bits per heavy atom. The number of thiazole rings is 1. The molecule has 0 aliphatic heterocycles. The van der Waals surface area contributed by atoms with Gasteiger partial charge in [-0.2, -0.15) is 10.5 Å². The second-order valence-corrected chi connectivity index (χ2v) is 6.92. The Balaban J connectivity index is 2.06. The van der Waals surface area contributed by atoms with Crippen molar-refractivity contribution in [3.05, 3.63) is 53.2 Å². The van der Waals surface area contributed by atoms with Gasteiger partial charge in [0, 0.05) is 17.1 Å². The second kappa shape index (κ2) is 7.45. The number of aromatic nitrogens is 2. The predicted octanol–water partition coefficient (Wildman–Crippen LogP) is 4.37. The molecule has 0 amide bonds. The number of ether oxygens (including phenoxy) is 1. The minimum Gasteiger partial charge on any atom is -0.457 e. The number of hydrogen-bond donors (Lipinski definition) is 0. The van der Waals surface area contributed by atoms with Crippen LogP contribution in [0.3, 0.4) is 0 Å². The molecule has 0 bridgehead atoms. The molecule has 0 saturated carbocycles. The number of esters is 1. The van der Waals surface area contributed by atoms with E-state index in [1.54, 1.807) is 24.6 Å². The molecular formula is C20H16N4O2S. The number of fused-ring (bicyclic) bond motifs is 1. The first-order valence-electron chi connectivity index (χ1n) is 8.20. The molecule has 0 fully saturated rings. The van der Waals surface area contributed by atoms with Crippen molar-refractivity contribution in [2.45, 2.75) is 19.9 Å². The zero-order chi connectivity index (χ0) is 19.6. The fraction of sp³-hybridized carbons (Fsp3) is 0.200. The summed E-state index contributed by atoms with van der Waals surface area (Å²) < 4.78 is 6.87. The lowest BCUT2D eigenvalue weighted by Gasteiger charge is -2.06. The molecule has 134 valence electrons. The molecule has 0 aliphatic rings. The summed E-state index contributed by atoms with van der Waals surface area (Å²) in [6.07, 6.45) is 3.20. The molecule has 3 aromatic rings. The highest BCUT2D eigenvalue weighted by Gasteiger charge is 2.19. The number of carbonyl (C=O) groups is 1. The maximum Gasteiger partial charge on any atom is 0.350 e. The van der Waals surface area contributed by atoms with Crippen molar-refractivity contribution in [2.75, 3.05) is 6.61 Å². The van der Waals surface area contributed by atoms with Crippen LogP contribution < -0.4 is 0 Å². The predicted molar refractivity (Wildman–Crippen MR) is 103 cm³/mol. The van der Waals surface area contributed by atoms with Crippen molar-refractivity contribution in [3.63, 3.8) is 0 Å². The van der Waals surface area contributed by atoms with E-state index in [2.05, 4.69) is 23.7 Å². The van der Waals surface area contributed by atoms with E-state index in [4.69, 9.17) is 4.74 Å². The summed E-state index contributed by atoms with van der Waals surface area (Å²) in [7, 11) is 0. The monoisotopic (exact) mass is 376 g/mol. The molecular weight excluding hydrogens is 360 g/mol. The molecule has 2 aromatic heterocycles. The van der Waals surface area contributed by atoms with E-state index in [-0.39, 0.29) is 12.6 Å². The van der Waals surface area contributed by atoms with Gasteiger partial charge in [-0.3, -0.25) is 0 Å². The maximum absolute atomic E-state index is 12.1. The third-order valence-corrected chi connectivity index (χ3v) is 5.31. The van der Waals surface area contributed by atoms with Crippen molar-refractivity contribution in [1.29, 1.82) is 10.5 Å². The summed E-state index contributed by atoms with van der Waals surface area (Å²) in [5.74, 6) is -0.427. The van der Waals surface area contributed by atoms with Gasteiger partial charge < -0.3 is 9.30 Å². The minimum atomic E-state index is -0.427. The van der Waals surface area contributed by atoms with E-state index in [1.807, 2.05) is 18.2 Å². The SMILES string of the molecule is C=CCOC(=O)c1sc(-c2ccc3c(c2)c(C#N)cn3C(C)C#N)nc1C. The molecule has 0 spiro atoms. The van der Waals surface area contributed by atoms with Crippen molar-refractivity contribution < 1.29 is 9.53 Å². The number of benzene rings is 1. The average Bonchev–Trinajstić information content (AvgIpc) is 3.25. The first-order valence-corrected chi connectivity index (χ1v) is 9.02. The van der Waals surface area contributed by atoms with Crippen LogP contribution in [0.15, 0.2) is 37.1 Å². The number of nitrogens with zero attached hydrogens (tertiary/aromatic N) is 4. The van der Waals surface area contributed by atoms with E-state index in [0.717, 1.165) is 16.5 Å². The van der Waals surface area contributed by atoms with Crippen molar-refractivity contribution in [1.82, 2.24) is 9.55 Å². The number of rotatable bonds is 5. The molecule has 0 aliphatic carbocycles. The van der Waals surface area contributed by atoms with Crippen molar-refractivity contribution in [2.24, 2.45) is 0 Å². The highest BCUT2D eigenvalue weighted by Crippen LogP contribution is 2.33. The Kier molecular flexibility index (Phi) is 5.07. The summed E-state index contributed by atoms with van der Waals surface area (Å²) in [6, 6.07) is 9.59. The smallest absolute Gasteiger partial charge is 0.350 e. The second-order valence-electron chi connectivity index (χ2n) is 5.92. The lowest BCUT2D eigenvalue weighted by Crippen LogP contribution is -2.04. The van der Waals surface area contributed by atoms with E-state index >= 15 is 0 Å². The topological polar surface area (TPSA) is 91.7 Å². The largest absolute Gasteiger partial charge is 0.457 e. The van der Waals surface area contributed by atoms with Crippen LogP contribution in [0.2, 0.25) is 0 Å². The summed E-state index contributed by atoms with van der Waals surface area (Å²) in [5.41, 5.74) is 2.70. The lowest BCUT2D eigenvalue weighted by molar-refractivity contribution is 0.0554. The van der Waals surface area contributed by atoms with Crippen LogP contribution in [0.4, 0.5) is 0 Å². The molecule has 1 atom stereocenters. The van der Waals surface area contributed by atoms with Gasteiger partial charge in [-0.05, 0) is 32.0 Å². The van der Waals surface area contributed by atoms with E-state index in [0.29, 0.717) is 21.1 Å². The van der Waals surface area contributed by atoms with Gasteiger partial charge in [-0.15, -0.1) is 11.3 Å². The quantitative estimate of drug-likeness (QED) is 0.487. The van der Waals surface area contributed by atoms with Gasteiger partial charge in [-0.25, -0.2) is 9.78 Å². The molecule has 0 N–H and O–H groups in total. The Bertz CT molecular complexity index is 1130. The third-order valence-electron chi connectivity index (χ3n) is 4.12. The number of hydrogen-bond acceptors (Lipinski definition) is 6. The van der Waals surface area contributed by atoms with E-state index in [1.165, 1.54) is 17.4 Å². The van der Waals surface area contributed by atoms with Crippen LogP contribution in [0.25, 0.3) is 21.5 Å². The van der Waals surface area contributed by atoms with Crippen LogP contribution in [-0.2, 0) is 4.74 Å². The number of nitriles is 2. The molecule has 1 unspecified atom stereocenters. The minimum absolute atomic E-state index is 0.146. The van der Waals surface area contributed by atoms with Crippen molar-refractivity contribution >= 4 is 28.2 Å². The fourth-order valence-corrected chi connectivity index (χ4v) is 3.73. The number of carbonyl (C=O) groups excluding carboxylic acids is 1. The molecule has 3 rings (SSSR count). The highest BCUT2D eigenvalue weighted by molar-refractivity contribution is 7.17. The van der Waals surface area contributed by atoms with Crippen LogP contribution in [0, 0.1) is 29.6 Å². The van der Waals surface area contributed by atoms with Crippen molar-refractivity contribution in [3.8, 4) is 22.7 Å². The van der Waals surface area contributed by atoms with Gasteiger partial charge in [0.15, 0.2) is 0 Å². The van der Waals surface area contributed by atoms with Crippen LogP contribution in [0.1, 0.15) is 33.9 Å². The first-order chi connectivity index (χ1) is 13.0. The zero-order valence-electron chi connectivity index (χ0n) is 14.9. The maximum atomic E-state index is 12.1. The molecule has 0 radical (unpaired) electrons. The summed E-state index contributed by atoms with van der Waals surface area (Å²) in [6.45, 7) is 7.21.